The molecule has 2 aromatic rings. The van der Waals surface area contributed by atoms with Crippen LogP contribution in [0.4, 0.5) is 18.9 Å². The first-order valence-corrected chi connectivity index (χ1v) is 13.0. The minimum atomic E-state index is -4.76. The molecule has 2 aromatic carbocycles. The molecule has 216 valence electrons. The number of ether oxygens (including phenoxy) is 3. The molecule has 1 N–H and O–H groups in total. The van der Waals surface area contributed by atoms with Crippen molar-refractivity contribution in [1.29, 1.82) is 0 Å². The zero-order chi connectivity index (χ0) is 29.8. The van der Waals surface area contributed by atoms with E-state index in [1.807, 2.05) is 0 Å². The number of benzene rings is 2. The standard InChI is InChI=1S/C29H26F3NO8/c1-25(2,3)27(38)13-18-26(14-19(34)39-18)24(37)41-23-28(26,27)20(40-22(36)15-8-5-4-6-9-15)21(35)33(23)17-11-7-10-16(12-17)29(30,31)32/h4-12,18,20,23,38H,13-14H2,1-3H3/t18-,20-,23-,26-,27+,28+/m0/s1. The molecule has 3 heterocycles. The maximum Gasteiger partial charge on any atom is 0.416 e. The van der Waals surface area contributed by atoms with E-state index in [0.29, 0.717) is 6.07 Å². The van der Waals surface area contributed by atoms with Crippen LogP contribution in [0.25, 0.3) is 0 Å². The number of rotatable bonds is 3. The lowest BCUT2D eigenvalue weighted by molar-refractivity contribution is -0.204. The van der Waals surface area contributed by atoms with Crippen molar-refractivity contribution in [3.05, 3.63) is 65.7 Å². The van der Waals surface area contributed by atoms with E-state index in [-0.39, 0.29) is 17.7 Å². The normalized spacial score (nSPS) is 34.2. The molecule has 12 heteroatoms. The Morgan fingerprint density at radius 1 is 1.02 bits per heavy atom. The fraction of sp³-hybridized carbons (Fsp3) is 0.448. The predicted octanol–water partition coefficient (Wildman–Crippen LogP) is 3.63. The number of carbonyl (C=O) groups is 4. The van der Waals surface area contributed by atoms with Gasteiger partial charge in [0, 0.05) is 12.1 Å². The van der Waals surface area contributed by atoms with E-state index in [1.165, 1.54) is 18.2 Å². The fourth-order valence-corrected chi connectivity index (χ4v) is 7.36. The molecule has 9 nitrogen and oxygen atoms in total. The number of esters is 3. The minimum Gasteiger partial charge on any atom is -0.461 e. The molecule has 0 radical (unpaired) electrons. The number of halogens is 3. The molecule has 2 spiro atoms. The molecule has 1 saturated carbocycles. The molecule has 4 fully saturated rings. The van der Waals surface area contributed by atoms with Gasteiger partial charge in [-0.3, -0.25) is 19.3 Å². The maximum absolute atomic E-state index is 14.3. The molecule has 6 atom stereocenters. The second-order valence-corrected chi connectivity index (χ2v) is 12.0. The average Bonchev–Trinajstić information content (AvgIpc) is 3.51. The molecule has 4 aliphatic rings. The monoisotopic (exact) mass is 573 g/mol. The van der Waals surface area contributed by atoms with Gasteiger partial charge in [0.2, 0.25) is 0 Å². The third kappa shape index (κ3) is 3.27. The molecule has 41 heavy (non-hydrogen) atoms. The maximum atomic E-state index is 14.3. The van der Waals surface area contributed by atoms with Gasteiger partial charge >= 0.3 is 24.1 Å². The average molecular weight is 574 g/mol. The van der Waals surface area contributed by atoms with E-state index in [0.717, 1.165) is 17.0 Å². The second-order valence-electron chi connectivity index (χ2n) is 12.0. The highest BCUT2D eigenvalue weighted by Gasteiger charge is 2.93. The van der Waals surface area contributed by atoms with Gasteiger partial charge in [0.15, 0.2) is 12.3 Å². The topological polar surface area (TPSA) is 119 Å². The molecular weight excluding hydrogens is 547 g/mol. The lowest BCUT2D eigenvalue weighted by Crippen LogP contribution is -2.66. The lowest BCUT2D eigenvalue weighted by atomic mass is 9.52. The summed E-state index contributed by atoms with van der Waals surface area (Å²) in [7, 11) is 0. The number of nitrogens with zero attached hydrogens (tertiary/aromatic N) is 1. The van der Waals surface area contributed by atoms with Gasteiger partial charge in [-0.1, -0.05) is 45.0 Å². The summed E-state index contributed by atoms with van der Waals surface area (Å²) in [6.07, 6.45) is -10.5. The summed E-state index contributed by atoms with van der Waals surface area (Å²) in [6, 6.07) is 11.5. The smallest absolute Gasteiger partial charge is 0.416 e. The van der Waals surface area contributed by atoms with E-state index >= 15 is 0 Å². The third-order valence-electron chi connectivity index (χ3n) is 9.16. The Bertz CT molecular complexity index is 1490. The molecule has 3 saturated heterocycles. The molecule has 6 rings (SSSR count). The zero-order valence-corrected chi connectivity index (χ0v) is 22.2. The number of anilines is 1. The highest BCUT2D eigenvalue weighted by atomic mass is 19.4. The number of amides is 1. The highest BCUT2D eigenvalue weighted by Crippen LogP contribution is 2.76. The van der Waals surface area contributed by atoms with Crippen molar-refractivity contribution in [3.8, 4) is 0 Å². The Labute approximate surface area is 232 Å². The van der Waals surface area contributed by atoms with Gasteiger partial charge in [-0.2, -0.15) is 13.2 Å². The van der Waals surface area contributed by atoms with Gasteiger partial charge in [0.1, 0.15) is 16.9 Å². The summed E-state index contributed by atoms with van der Waals surface area (Å²) in [6.45, 7) is 4.93. The van der Waals surface area contributed by atoms with Crippen molar-refractivity contribution in [2.45, 2.75) is 63.8 Å². The number of aliphatic hydroxyl groups is 1. The molecule has 1 aliphatic carbocycles. The van der Waals surface area contributed by atoms with E-state index in [9.17, 15) is 37.5 Å². The fourth-order valence-electron chi connectivity index (χ4n) is 7.36. The van der Waals surface area contributed by atoms with Crippen LogP contribution in [0.15, 0.2) is 54.6 Å². The van der Waals surface area contributed by atoms with Gasteiger partial charge in [-0.25, -0.2) is 4.79 Å². The van der Waals surface area contributed by atoms with Crippen molar-refractivity contribution in [3.63, 3.8) is 0 Å². The van der Waals surface area contributed by atoms with Gasteiger partial charge in [0.05, 0.1) is 23.1 Å². The van der Waals surface area contributed by atoms with E-state index < -0.39 is 82.3 Å². The number of carbonyl (C=O) groups excluding carboxylic acids is 4. The molecule has 1 amide bonds. The van der Waals surface area contributed by atoms with Crippen molar-refractivity contribution < 1.29 is 51.7 Å². The summed E-state index contributed by atoms with van der Waals surface area (Å²) in [5.74, 6) is -3.72. The van der Waals surface area contributed by atoms with Gasteiger partial charge < -0.3 is 19.3 Å². The van der Waals surface area contributed by atoms with Crippen LogP contribution in [0.1, 0.15) is 49.5 Å². The van der Waals surface area contributed by atoms with Crippen LogP contribution in [0.3, 0.4) is 0 Å². The lowest BCUT2D eigenvalue weighted by Gasteiger charge is -2.51. The molecule has 0 aromatic heterocycles. The summed E-state index contributed by atoms with van der Waals surface area (Å²) in [5.41, 5.74) is -8.57. The molecule has 0 unspecified atom stereocenters. The van der Waals surface area contributed by atoms with Gasteiger partial charge in [-0.05, 0) is 35.7 Å². The predicted molar refractivity (Wildman–Crippen MR) is 133 cm³/mol. The Kier molecular flexibility index (Phi) is 5.52. The van der Waals surface area contributed by atoms with Crippen LogP contribution in [-0.2, 0) is 34.8 Å². The van der Waals surface area contributed by atoms with Crippen molar-refractivity contribution in [2.24, 2.45) is 16.2 Å². The van der Waals surface area contributed by atoms with Crippen LogP contribution < -0.4 is 4.90 Å². The second kappa shape index (κ2) is 8.31. The summed E-state index contributed by atoms with van der Waals surface area (Å²) in [4.78, 5) is 55.0. The minimum absolute atomic E-state index is 0.0534. The van der Waals surface area contributed by atoms with Crippen LogP contribution in [-0.4, -0.2) is 53.0 Å². The third-order valence-corrected chi connectivity index (χ3v) is 9.16. The summed E-state index contributed by atoms with van der Waals surface area (Å²) in [5, 5.41) is 12.6. The van der Waals surface area contributed by atoms with Crippen LogP contribution in [0.5, 0.6) is 0 Å². The number of hydrogen-bond donors (Lipinski definition) is 1. The van der Waals surface area contributed by atoms with Gasteiger partial charge in [-0.15, -0.1) is 0 Å². The Hall–Kier alpha value is -3.93. The van der Waals surface area contributed by atoms with Crippen molar-refractivity contribution >= 4 is 29.5 Å². The summed E-state index contributed by atoms with van der Waals surface area (Å²) < 4.78 is 58.2. The Morgan fingerprint density at radius 3 is 2.34 bits per heavy atom. The molecular formula is C29H26F3NO8. The van der Waals surface area contributed by atoms with E-state index in [4.69, 9.17) is 14.2 Å². The van der Waals surface area contributed by atoms with Crippen molar-refractivity contribution in [1.82, 2.24) is 0 Å². The number of hydrogen-bond acceptors (Lipinski definition) is 8. The first-order chi connectivity index (χ1) is 19.1. The van der Waals surface area contributed by atoms with E-state index in [1.54, 1.807) is 39.0 Å². The van der Waals surface area contributed by atoms with E-state index in [2.05, 4.69) is 0 Å². The first kappa shape index (κ1) is 27.3. The van der Waals surface area contributed by atoms with Crippen LogP contribution in [0.2, 0.25) is 0 Å². The first-order valence-electron chi connectivity index (χ1n) is 13.0. The Balaban J connectivity index is 1.62. The zero-order valence-electron chi connectivity index (χ0n) is 22.2. The number of alkyl halides is 3. The molecule has 3 aliphatic heterocycles. The largest absolute Gasteiger partial charge is 0.461 e. The van der Waals surface area contributed by atoms with Crippen LogP contribution in [0, 0.1) is 16.2 Å². The quantitative estimate of drug-likeness (QED) is 0.437. The Morgan fingerprint density at radius 2 is 1.71 bits per heavy atom. The van der Waals surface area contributed by atoms with Gasteiger partial charge in [0.25, 0.3) is 5.91 Å². The SMILES string of the molecule is CC(C)(C)[C@]1(O)C[C@@H]2OC(=O)C[C@@]23C(=O)O[C@@H]2N(c4cccc(C(F)(F)F)c4)C(=O)[C@H](OC(=O)c4ccccc4)[C@]213. The van der Waals surface area contributed by atoms with Crippen LogP contribution >= 0.6 is 0 Å². The summed E-state index contributed by atoms with van der Waals surface area (Å²) >= 11 is 0. The highest BCUT2D eigenvalue weighted by molar-refractivity contribution is 6.07. The molecule has 0 bridgehead atoms. The van der Waals surface area contributed by atoms with Crippen molar-refractivity contribution in [2.75, 3.05) is 4.90 Å².